The Hall–Kier alpha value is -0.500. The molecule has 0 amide bonds. The van der Waals surface area contributed by atoms with Gasteiger partial charge in [-0.15, -0.1) is 0 Å². The highest BCUT2D eigenvalue weighted by Gasteiger charge is 2.23. The van der Waals surface area contributed by atoms with Gasteiger partial charge < -0.3 is 4.90 Å². The van der Waals surface area contributed by atoms with Crippen LogP contribution >= 0.6 is 0 Å². The predicted molar refractivity (Wildman–Crippen MR) is 46.1 cm³/mol. The highest BCUT2D eigenvalue weighted by atomic mass is 15.3. The summed E-state index contributed by atoms with van der Waals surface area (Å²) in [5, 5.41) is 3.54. The minimum absolute atomic E-state index is 0.657. The summed E-state index contributed by atoms with van der Waals surface area (Å²) in [7, 11) is 0. The molecule has 0 saturated carbocycles. The van der Waals surface area contributed by atoms with Crippen LogP contribution in [0.25, 0.3) is 0 Å². The molecule has 11 heavy (non-hydrogen) atoms. The summed E-state index contributed by atoms with van der Waals surface area (Å²) in [5.41, 5.74) is 0. The molecule has 2 aliphatic rings. The quantitative estimate of drug-likeness (QED) is 0.563. The van der Waals surface area contributed by atoms with Gasteiger partial charge in [0.1, 0.15) is 0 Å². The molecule has 0 aromatic carbocycles. The van der Waals surface area contributed by atoms with Gasteiger partial charge in [-0.25, -0.2) is 0 Å². The second-order valence-electron chi connectivity index (χ2n) is 3.38. The average molecular weight is 152 g/mol. The van der Waals surface area contributed by atoms with Crippen molar-refractivity contribution in [2.45, 2.75) is 31.8 Å². The summed E-state index contributed by atoms with van der Waals surface area (Å²) in [6.07, 6.45) is 10.5. The Morgan fingerprint density at radius 1 is 1.36 bits per heavy atom. The normalized spacial score (nSPS) is 31.3. The fourth-order valence-corrected chi connectivity index (χ4v) is 1.67. The first-order valence-corrected chi connectivity index (χ1v) is 4.62. The monoisotopic (exact) mass is 152 g/mol. The van der Waals surface area contributed by atoms with Gasteiger partial charge in [-0.05, 0) is 38.4 Å². The van der Waals surface area contributed by atoms with Crippen LogP contribution in [0.5, 0.6) is 0 Å². The molecule has 0 radical (unpaired) electrons. The fourth-order valence-electron chi connectivity index (χ4n) is 1.67. The van der Waals surface area contributed by atoms with E-state index in [2.05, 4.69) is 22.5 Å². The van der Waals surface area contributed by atoms with E-state index < -0.39 is 0 Å². The predicted octanol–water partition coefficient (Wildman–Crippen LogP) is 1.31. The van der Waals surface area contributed by atoms with Gasteiger partial charge in [0.05, 0.1) is 6.17 Å². The number of rotatable bonds is 0. The maximum atomic E-state index is 3.54. The molecule has 1 saturated heterocycles. The molecule has 2 heteroatoms. The van der Waals surface area contributed by atoms with Gasteiger partial charge >= 0.3 is 0 Å². The fraction of sp³-hybridized carbons (Fsp3) is 0.778. The van der Waals surface area contributed by atoms with Gasteiger partial charge in [0.15, 0.2) is 0 Å². The molecule has 0 aliphatic carbocycles. The van der Waals surface area contributed by atoms with E-state index in [1.54, 1.807) is 0 Å². The van der Waals surface area contributed by atoms with E-state index in [0.717, 1.165) is 0 Å². The molecule has 0 aromatic heterocycles. The first kappa shape index (κ1) is 7.17. The van der Waals surface area contributed by atoms with Gasteiger partial charge in [-0.1, -0.05) is 6.08 Å². The SMILES string of the molecule is C1=CN2CCC2NCCCC1. The lowest BCUT2D eigenvalue weighted by atomic mass is 10.1. The van der Waals surface area contributed by atoms with Gasteiger partial charge in [-0.3, -0.25) is 5.32 Å². The Kier molecular flexibility index (Phi) is 2.13. The number of nitrogens with zero attached hydrogens (tertiary/aromatic N) is 1. The highest BCUT2D eigenvalue weighted by Crippen LogP contribution is 2.16. The zero-order valence-electron chi connectivity index (χ0n) is 6.92. The van der Waals surface area contributed by atoms with E-state index in [4.69, 9.17) is 0 Å². The number of hydrogen-bond donors (Lipinski definition) is 1. The average Bonchev–Trinajstić information content (AvgIpc) is 2.04. The van der Waals surface area contributed by atoms with E-state index >= 15 is 0 Å². The number of fused-ring (bicyclic) bond motifs is 1. The lowest BCUT2D eigenvalue weighted by Gasteiger charge is -2.40. The van der Waals surface area contributed by atoms with E-state index in [0.29, 0.717) is 6.17 Å². The number of hydrogen-bond acceptors (Lipinski definition) is 2. The summed E-state index contributed by atoms with van der Waals surface area (Å²) in [6.45, 7) is 2.44. The first-order chi connectivity index (χ1) is 5.47. The van der Waals surface area contributed by atoms with Gasteiger partial charge in [0, 0.05) is 6.54 Å². The topological polar surface area (TPSA) is 15.3 Å². The number of nitrogens with one attached hydrogen (secondary N) is 1. The Morgan fingerprint density at radius 3 is 3.18 bits per heavy atom. The van der Waals surface area contributed by atoms with E-state index in [1.807, 2.05) is 0 Å². The van der Waals surface area contributed by atoms with Crippen molar-refractivity contribution in [1.29, 1.82) is 0 Å². The minimum atomic E-state index is 0.657. The van der Waals surface area contributed by atoms with Gasteiger partial charge in [0.2, 0.25) is 0 Å². The Morgan fingerprint density at radius 2 is 2.36 bits per heavy atom. The lowest BCUT2D eigenvalue weighted by molar-refractivity contribution is 0.122. The zero-order chi connectivity index (χ0) is 7.52. The van der Waals surface area contributed by atoms with Crippen LogP contribution in [-0.2, 0) is 0 Å². The molecule has 0 aromatic rings. The van der Waals surface area contributed by atoms with Crippen molar-refractivity contribution in [2.24, 2.45) is 0 Å². The molecule has 2 nitrogen and oxygen atoms in total. The number of allylic oxidation sites excluding steroid dienone is 1. The zero-order valence-corrected chi connectivity index (χ0v) is 6.92. The third-order valence-corrected chi connectivity index (χ3v) is 2.54. The maximum absolute atomic E-state index is 3.54. The Balaban J connectivity index is 1.91. The molecule has 1 unspecified atom stereocenters. The summed E-state index contributed by atoms with van der Waals surface area (Å²) >= 11 is 0. The lowest BCUT2D eigenvalue weighted by Crippen LogP contribution is -2.53. The van der Waals surface area contributed by atoms with Crippen molar-refractivity contribution in [3.05, 3.63) is 12.3 Å². The molecular weight excluding hydrogens is 136 g/mol. The van der Waals surface area contributed by atoms with E-state index in [1.165, 1.54) is 38.8 Å². The second kappa shape index (κ2) is 3.26. The molecule has 1 fully saturated rings. The van der Waals surface area contributed by atoms with E-state index in [9.17, 15) is 0 Å². The molecule has 1 atom stereocenters. The van der Waals surface area contributed by atoms with Crippen molar-refractivity contribution < 1.29 is 0 Å². The smallest absolute Gasteiger partial charge is 0.0807 e. The van der Waals surface area contributed by atoms with Crippen LogP contribution < -0.4 is 5.32 Å². The molecule has 62 valence electrons. The van der Waals surface area contributed by atoms with Crippen molar-refractivity contribution in [1.82, 2.24) is 10.2 Å². The molecule has 0 bridgehead atoms. The second-order valence-corrected chi connectivity index (χ2v) is 3.38. The molecule has 2 aliphatic heterocycles. The minimum Gasteiger partial charge on any atom is -0.362 e. The summed E-state index contributed by atoms with van der Waals surface area (Å²) in [6, 6.07) is 0. The Labute approximate surface area is 68.3 Å². The molecule has 1 N–H and O–H groups in total. The summed E-state index contributed by atoms with van der Waals surface area (Å²) in [5.74, 6) is 0. The van der Waals surface area contributed by atoms with Crippen LogP contribution in [0, 0.1) is 0 Å². The third-order valence-electron chi connectivity index (χ3n) is 2.54. The third kappa shape index (κ3) is 1.56. The first-order valence-electron chi connectivity index (χ1n) is 4.62. The molecule has 2 heterocycles. The van der Waals surface area contributed by atoms with Crippen LogP contribution in [0.2, 0.25) is 0 Å². The van der Waals surface area contributed by atoms with Crippen molar-refractivity contribution in [3.8, 4) is 0 Å². The van der Waals surface area contributed by atoms with Crippen molar-refractivity contribution in [3.63, 3.8) is 0 Å². The van der Waals surface area contributed by atoms with E-state index in [-0.39, 0.29) is 0 Å². The maximum Gasteiger partial charge on any atom is 0.0807 e. The van der Waals surface area contributed by atoms with Gasteiger partial charge in [-0.2, -0.15) is 0 Å². The van der Waals surface area contributed by atoms with Crippen LogP contribution in [0.4, 0.5) is 0 Å². The summed E-state index contributed by atoms with van der Waals surface area (Å²) < 4.78 is 0. The Bertz CT molecular complexity index is 154. The van der Waals surface area contributed by atoms with Crippen LogP contribution in [0.3, 0.4) is 0 Å². The molecule has 2 rings (SSSR count). The van der Waals surface area contributed by atoms with Gasteiger partial charge in [0.25, 0.3) is 0 Å². The highest BCUT2D eigenvalue weighted by molar-refractivity contribution is 4.93. The summed E-state index contributed by atoms with van der Waals surface area (Å²) in [4.78, 5) is 2.39. The standard InChI is InChI=1S/C9H16N2/c1-2-4-7-11-8-5-9(11)10-6-3-1/h4,7,9-10H,1-3,5-6,8H2. The van der Waals surface area contributed by atoms with Crippen LogP contribution in [0.15, 0.2) is 12.3 Å². The van der Waals surface area contributed by atoms with Crippen molar-refractivity contribution in [2.75, 3.05) is 13.1 Å². The molecular formula is C9H16N2. The van der Waals surface area contributed by atoms with Crippen molar-refractivity contribution >= 4 is 0 Å². The van der Waals surface area contributed by atoms with Crippen LogP contribution in [-0.4, -0.2) is 24.2 Å². The van der Waals surface area contributed by atoms with Crippen LogP contribution in [0.1, 0.15) is 25.7 Å². The largest absolute Gasteiger partial charge is 0.362 e. The molecule has 0 spiro atoms.